The topological polar surface area (TPSA) is 90.7 Å². The second kappa shape index (κ2) is 6.32. The van der Waals surface area contributed by atoms with Crippen molar-refractivity contribution in [1.29, 1.82) is 0 Å². The van der Waals surface area contributed by atoms with E-state index in [1.165, 1.54) is 11.1 Å². The van der Waals surface area contributed by atoms with Crippen molar-refractivity contribution in [3.8, 4) is 5.75 Å². The zero-order chi connectivity index (χ0) is 15.5. The fourth-order valence-electron chi connectivity index (χ4n) is 3.11. The first-order chi connectivity index (χ1) is 10.7. The number of carbonyl (C=O) groups excluding carboxylic acids is 1. The van der Waals surface area contributed by atoms with Crippen molar-refractivity contribution in [2.75, 3.05) is 13.1 Å². The Hall–Kier alpha value is -2.14. The fourth-order valence-corrected chi connectivity index (χ4v) is 3.11. The summed E-state index contributed by atoms with van der Waals surface area (Å²) in [5, 5.41) is 0. The van der Waals surface area contributed by atoms with Crippen LogP contribution in [0.5, 0.6) is 5.75 Å². The minimum Gasteiger partial charge on any atom is -0.439 e. The molecule has 2 atom stereocenters. The van der Waals surface area contributed by atoms with Gasteiger partial charge in [0.2, 0.25) is 11.8 Å². The van der Waals surface area contributed by atoms with Crippen LogP contribution >= 0.6 is 0 Å². The van der Waals surface area contributed by atoms with Gasteiger partial charge in [-0.3, -0.25) is 9.79 Å². The van der Waals surface area contributed by atoms with Gasteiger partial charge in [-0.05, 0) is 54.6 Å². The molecule has 0 radical (unpaired) electrons. The summed E-state index contributed by atoms with van der Waals surface area (Å²) in [6, 6.07) is 6.16. The summed E-state index contributed by atoms with van der Waals surface area (Å²) in [5.41, 5.74) is 13.7. The van der Waals surface area contributed by atoms with Gasteiger partial charge in [0.25, 0.3) is 0 Å². The quantitative estimate of drug-likeness (QED) is 0.883. The first-order valence-electron chi connectivity index (χ1n) is 7.67. The summed E-state index contributed by atoms with van der Waals surface area (Å²) in [5.74, 6) is 1.63. The molecule has 1 aromatic carbocycles. The van der Waals surface area contributed by atoms with Gasteiger partial charge in [0.05, 0.1) is 0 Å². The Labute approximate surface area is 130 Å². The van der Waals surface area contributed by atoms with Gasteiger partial charge in [-0.15, -0.1) is 0 Å². The third kappa shape index (κ3) is 3.20. The average Bonchev–Trinajstić information content (AvgIpc) is 2.91. The molecule has 5 nitrogen and oxygen atoms in total. The van der Waals surface area contributed by atoms with Crippen molar-refractivity contribution in [2.24, 2.45) is 22.4 Å². The molecule has 4 N–H and O–H groups in total. The van der Waals surface area contributed by atoms with Crippen LogP contribution < -0.4 is 16.2 Å². The molecule has 0 bridgehead atoms. The molecule has 1 aromatic rings. The number of ether oxygens (including phenoxy) is 1. The van der Waals surface area contributed by atoms with Gasteiger partial charge in [-0.25, -0.2) is 0 Å². The molecule has 0 saturated heterocycles. The summed E-state index contributed by atoms with van der Waals surface area (Å²) >= 11 is 0. The minimum atomic E-state index is -0.303. The molecular formula is C17H21N3O2. The Balaban J connectivity index is 1.64. The van der Waals surface area contributed by atoms with Crippen molar-refractivity contribution in [2.45, 2.75) is 25.2 Å². The van der Waals surface area contributed by atoms with Gasteiger partial charge in [-0.1, -0.05) is 12.1 Å². The second-order valence-corrected chi connectivity index (χ2v) is 5.90. The molecule has 1 aliphatic carbocycles. The number of hydrogen-bond acceptors (Lipinski definition) is 4. The molecule has 5 heteroatoms. The van der Waals surface area contributed by atoms with Crippen LogP contribution in [-0.2, 0) is 11.2 Å². The van der Waals surface area contributed by atoms with E-state index in [0.29, 0.717) is 31.3 Å². The van der Waals surface area contributed by atoms with Crippen LogP contribution in [0.15, 0.2) is 35.3 Å². The lowest BCUT2D eigenvalue weighted by Crippen LogP contribution is -2.21. The fraction of sp³-hybridized carbons (Fsp3) is 0.412. The molecule has 3 rings (SSSR count). The molecule has 0 aromatic heterocycles. The second-order valence-electron chi connectivity index (χ2n) is 5.90. The standard InChI is InChI=1S/C17H21N3O2/c18-9-13-3-2-12-8-14(4-5-15(12)13)22-17-6-1-11(10-20-17)7-16(19)21/h1,4-6,8,11,13H,2-3,7,9-10,18H2,(H2,19,21). The number of aliphatic imine (C=N–C) groups is 1. The van der Waals surface area contributed by atoms with Gasteiger partial charge in [0, 0.05) is 18.9 Å². The molecule has 2 unspecified atom stereocenters. The van der Waals surface area contributed by atoms with Gasteiger partial charge >= 0.3 is 0 Å². The SMILES string of the molecule is NCC1CCc2cc(OC3=NCC(CC(N)=O)C=C3)ccc21. The summed E-state index contributed by atoms with van der Waals surface area (Å²) in [6.07, 6.45) is 6.24. The van der Waals surface area contributed by atoms with Gasteiger partial charge in [0.15, 0.2) is 0 Å². The average molecular weight is 299 g/mol. The van der Waals surface area contributed by atoms with Crippen LogP contribution in [0.4, 0.5) is 0 Å². The Kier molecular flexibility index (Phi) is 4.24. The number of hydrogen-bond donors (Lipinski definition) is 2. The van der Waals surface area contributed by atoms with Gasteiger partial charge in [-0.2, -0.15) is 0 Å². The summed E-state index contributed by atoms with van der Waals surface area (Å²) in [6.45, 7) is 1.23. The molecule has 0 fully saturated rings. The minimum absolute atomic E-state index is 0.0789. The molecule has 2 aliphatic rings. The number of aryl methyl sites for hydroxylation is 1. The predicted octanol–water partition coefficient (Wildman–Crippen LogP) is 1.51. The van der Waals surface area contributed by atoms with E-state index in [4.69, 9.17) is 16.2 Å². The van der Waals surface area contributed by atoms with E-state index in [-0.39, 0.29) is 11.8 Å². The molecule has 22 heavy (non-hydrogen) atoms. The van der Waals surface area contributed by atoms with Crippen LogP contribution in [0.1, 0.15) is 29.9 Å². The van der Waals surface area contributed by atoms with Crippen molar-refractivity contribution in [3.05, 3.63) is 41.5 Å². The molecule has 1 amide bonds. The van der Waals surface area contributed by atoms with E-state index >= 15 is 0 Å². The normalized spacial score (nSPS) is 23.0. The number of nitrogens with two attached hydrogens (primary N) is 2. The van der Waals surface area contributed by atoms with Gasteiger partial charge in [0.1, 0.15) is 5.75 Å². The predicted molar refractivity (Wildman–Crippen MR) is 85.9 cm³/mol. The molecule has 1 aliphatic heterocycles. The maximum absolute atomic E-state index is 10.9. The van der Waals surface area contributed by atoms with Gasteiger partial charge < -0.3 is 16.2 Å². The number of fused-ring (bicyclic) bond motifs is 1. The van der Waals surface area contributed by atoms with E-state index < -0.39 is 0 Å². The number of amides is 1. The summed E-state index contributed by atoms with van der Waals surface area (Å²) in [7, 11) is 0. The highest BCUT2D eigenvalue weighted by Crippen LogP contribution is 2.34. The smallest absolute Gasteiger partial charge is 0.218 e. The lowest BCUT2D eigenvalue weighted by molar-refractivity contribution is -0.118. The number of dihydropyridines is 1. The molecule has 1 heterocycles. The Morgan fingerprint density at radius 3 is 2.95 bits per heavy atom. The summed E-state index contributed by atoms with van der Waals surface area (Å²) in [4.78, 5) is 15.3. The highest BCUT2D eigenvalue weighted by molar-refractivity contribution is 5.90. The molecular weight excluding hydrogens is 278 g/mol. The number of carbonyl (C=O) groups is 1. The van der Waals surface area contributed by atoms with Crippen LogP contribution in [0.25, 0.3) is 0 Å². The molecule has 116 valence electrons. The highest BCUT2D eigenvalue weighted by Gasteiger charge is 2.22. The van der Waals surface area contributed by atoms with E-state index in [2.05, 4.69) is 17.1 Å². The number of rotatable bonds is 4. The molecule has 0 saturated carbocycles. The van der Waals surface area contributed by atoms with Crippen molar-refractivity contribution in [3.63, 3.8) is 0 Å². The first-order valence-corrected chi connectivity index (χ1v) is 7.67. The maximum Gasteiger partial charge on any atom is 0.218 e. The Morgan fingerprint density at radius 1 is 1.41 bits per heavy atom. The Bertz CT molecular complexity index is 637. The number of primary amides is 1. The number of nitrogens with zero attached hydrogens (tertiary/aromatic N) is 1. The van der Waals surface area contributed by atoms with E-state index in [1.54, 1.807) is 0 Å². The van der Waals surface area contributed by atoms with E-state index in [9.17, 15) is 4.79 Å². The Morgan fingerprint density at radius 2 is 2.27 bits per heavy atom. The number of benzene rings is 1. The van der Waals surface area contributed by atoms with Crippen molar-refractivity contribution in [1.82, 2.24) is 0 Å². The maximum atomic E-state index is 10.9. The van der Waals surface area contributed by atoms with Crippen LogP contribution in [0, 0.1) is 5.92 Å². The zero-order valence-corrected chi connectivity index (χ0v) is 12.5. The van der Waals surface area contributed by atoms with Crippen molar-refractivity contribution >= 4 is 11.8 Å². The van der Waals surface area contributed by atoms with E-state index in [0.717, 1.165) is 18.6 Å². The largest absolute Gasteiger partial charge is 0.439 e. The van der Waals surface area contributed by atoms with E-state index in [1.807, 2.05) is 18.2 Å². The third-order valence-electron chi connectivity index (χ3n) is 4.28. The lowest BCUT2D eigenvalue weighted by Gasteiger charge is -2.15. The van der Waals surface area contributed by atoms with Crippen LogP contribution in [-0.4, -0.2) is 24.9 Å². The summed E-state index contributed by atoms with van der Waals surface area (Å²) < 4.78 is 5.82. The van der Waals surface area contributed by atoms with Crippen LogP contribution in [0.2, 0.25) is 0 Å². The highest BCUT2D eigenvalue weighted by atomic mass is 16.5. The lowest BCUT2D eigenvalue weighted by atomic mass is 10.0. The molecule has 0 spiro atoms. The van der Waals surface area contributed by atoms with Crippen molar-refractivity contribution < 1.29 is 9.53 Å². The zero-order valence-electron chi connectivity index (χ0n) is 12.5. The van der Waals surface area contributed by atoms with Crippen LogP contribution in [0.3, 0.4) is 0 Å². The monoisotopic (exact) mass is 299 g/mol. The first kappa shape index (κ1) is 14.8. The third-order valence-corrected chi connectivity index (χ3v) is 4.28.